The summed E-state index contributed by atoms with van der Waals surface area (Å²) in [6, 6.07) is 4.25. The zero-order chi connectivity index (χ0) is 24.7. The van der Waals surface area contributed by atoms with Crippen LogP contribution in [0.4, 0.5) is 5.69 Å². The van der Waals surface area contributed by atoms with Crippen molar-refractivity contribution in [3.8, 4) is 0 Å². The second-order valence-corrected chi connectivity index (χ2v) is 10.00. The monoisotopic (exact) mass is 477 g/mol. The zero-order valence-corrected chi connectivity index (χ0v) is 20.2. The Labute approximate surface area is 204 Å². The first-order valence-electron chi connectivity index (χ1n) is 12.5. The summed E-state index contributed by atoms with van der Waals surface area (Å²) in [5.41, 5.74) is 3.07. The number of amides is 4. The molecule has 1 saturated heterocycles. The lowest BCUT2D eigenvalue weighted by atomic mass is 9.93. The SMILES string of the molecule is Cc1ccc2c(c1)C(=O)N(C(C)C(=O)N1CCCC(c3[nH]ncc3NC(=O)C3CCCC3)C1)C2=O. The standard InChI is InChI=1S/C26H31N5O4/c1-15-9-10-19-20(12-15)26(35)31(25(19)34)16(2)24(33)30-11-5-8-18(14-30)22-21(13-27-29-22)28-23(32)17-6-3-4-7-17/h9-10,12-13,16-18H,3-8,11,14H2,1-2H3,(H,27,29)(H,28,32). The highest BCUT2D eigenvalue weighted by Crippen LogP contribution is 2.33. The van der Waals surface area contributed by atoms with Gasteiger partial charge in [-0.2, -0.15) is 5.10 Å². The number of aromatic nitrogens is 2. The molecule has 9 heteroatoms. The molecule has 0 radical (unpaired) electrons. The molecule has 0 spiro atoms. The van der Waals surface area contributed by atoms with Gasteiger partial charge in [0.25, 0.3) is 11.8 Å². The van der Waals surface area contributed by atoms with Crippen molar-refractivity contribution in [3.05, 3.63) is 46.8 Å². The van der Waals surface area contributed by atoms with E-state index in [9.17, 15) is 19.2 Å². The summed E-state index contributed by atoms with van der Waals surface area (Å²) in [5.74, 6) is -1.04. The molecule has 2 N–H and O–H groups in total. The maximum absolute atomic E-state index is 13.4. The number of rotatable bonds is 5. The topological polar surface area (TPSA) is 115 Å². The normalized spacial score (nSPS) is 21.4. The predicted octanol–water partition coefficient (Wildman–Crippen LogP) is 3.24. The zero-order valence-electron chi connectivity index (χ0n) is 20.2. The van der Waals surface area contributed by atoms with Gasteiger partial charge in [-0.25, -0.2) is 0 Å². The molecule has 1 aromatic carbocycles. The van der Waals surface area contributed by atoms with E-state index < -0.39 is 17.9 Å². The second-order valence-electron chi connectivity index (χ2n) is 10.00. The quantitative estimate of drug-likeness (QED) is 0.642. The Morgan fingerprint density at radius 3 is 2.60 bits per heavy atom. The second kappa shape index (κ2) is 9.28. The molecule has 2 atom stereocenters. The molecule has 5 rings (SSSR count). The molecule has 3 heterocycles. The van der Waals surface area contributed by atoms with Crippen molar-refractivity contribution in [1.29, 1.82) is 0 Å². The molecular formula is C26H31N5O4. The Morgan fingerprint density at radius 2 is 1.83 bits per heavy atom. The first kappa shape index (κ1) is 23.3. The van der Waals surface area contributed by atoms with Crippen LogP contribution in [0.2, 0.25) is 0 Å². The Kier molecular flexibility index (Phi) is 6.17. The minimum Gasteiger partial charge on any atom is -0.340 e. The number of nitrogens with zero attached hydrogens (tertiary/aromatic N) is 3. The number of hydrogen-bond donors (Lipinski definition) is 2. The van der Waals surface area contributed by atoms with Crippen molar-refractivity contribution in [3.63, 3.8) is 0 Å². The van der Waals surface area contributed by atoms with Crippen LogP contribution in [0.25, 0.3) is 0 Å². The third-order valence-corrected chi connectivity index (χ3v) is 7.61. The van der Waals surface area contributed by atoms with E-state index >= 15 is 0 Å². The number of benzene rings is 1. The molecule has 2 fully saturated rings. The molecule has 184 valence electrons. The van der Waals surface area contributed by atoms with Gasteiger partial charge in [0.05, 0.1) is 28.7 Å². The van der Waals surface area contributed by atoms with Gasteiger partial charge < -0.3 is 10.2 Å². The Balaban J connectivity index is 1.28. The third kappa shape index (κ3) is 4.24. The molecule has 9 nitrogen and oxygen atoms in total. The van der Waals surface area contributed by atoms with Crippen molar-refractivity contribution < 1.29 is 19.2 Å². The molecule has 1 aliphatic carbocycles. The summed E-state index contributed by atoms with van der Waals surface area (Å²) in [6.45, 7) is 4.47. The van der Waals surface area contributed by atoms with Gasteiger partial charge in [0.1, 0.15) is 6.04 Å². The molecule has 2 unspecified atom stereocenters. The van der Waals surface area contributed by atoms with E-state index in [-0.39, 0.29) is 23.7 Å². The maximum atomic E-state index is 13.4. The van der Waals surface area contributed by atoms with Crippen LogP contribution in [0, 0.1) is 12.8 Å². The van der Waals surface area contributed by atoms with Gasteiger partial charge in [-0.05, 0) is 51.7 Å². The van der Waals surface area contributed by atoms with E-state index in [2.05, 4.69) is 15.5 Å². The number of piperidine rings is 1. The van der Waals surface area contributed by atoms with Crippen molar-refractivity contribution in [2.45, 2.75) is 64.3 Å². The van der Waals surface area contributed by atoms with Crippen LogP contribution in [0.3, 0.4) is 0 Å². The molecule has 2 aliphatic heterocycles. The number of likely N-dealkylation sites (tertiary alicyclic amines) is 1. The first-order valence-corrected chi connectivity index (χ1v) is 12.5. The lowest BCUT2D eigenvalue weighted by Gasteiger charge is -2.35. The van der Waals surface area contributed by atoms with Crippen LogP contribution in [-0.2, 0) is 9.59 Å². The fourth-order valence-electron chi connectivity index (χ4n) is 5.64. The van der Waals surface area contributed by atoms with Gasteiger partial charge in [-0.15, -0.1) is 0 Å². The number of aryl methyl sites for hydroxylation is 1. The number of carbonyl (C=O) groups excluding carboxylic acids is 4. The maximum Gasteiger partial charge on any atom is 0.262 e. The molecule has 1 aromatic heterocycles. The molecule has 1 saturated carbocycles. The first-order chi connectivity index (χ1) is 16.8. The number of carbonyl (C=O) groups is 4. The number of hydrogen-bond acceptors (Lipinski definition) is 5. The molecule has 4 amide bonds. The van der Waals surface area contributed by atoms with Crippen LogP contribution in [0.5, 0.6) is 0 Å². The van der Waals surface area contributed by atoms with Gasteiger partial charge in [-0.3, -0.25) is 29.2 Å². The predicted molar refractivity (Wildman–Crippen MR) is 129 cm³/mol. The number of fused-ring (bicyclic) bond motifs is 1. The fourth-order valence-corrected chi connectivity index (χ4v) is 5.64. The molecule has 35 heavy (non-hydrogen) atoms. The summed E-state index contributed by atoms with van der Waals surface area (Å²) in [5, 5.41) is 10.2. The average Bonchev–Trinajstić information content (AvgIpc) is 3.60. The van der Waals surface area contributed by atoms with Crippen molar-refractivity contribution in [1.82, 2.24) is 20.0 Å². The number of imide groups is 1. The number of H-pyrrole nitrogens is 1. The van der Waals surface area contributed by atoms with Gasteiger partial charge in [0, 0.05) is 24.9 Å². The molecule has 0 bridgehead atoms. The van der Waals surface area contributed by atoms with Crippen LogP contribution in [0.1, 0.15) is 83.3 Å². The summed E-state index contributed by atoms with van der Waals surface area (Å²) in [6.07, 6.45) is 7.26. The van der Waals surface area contributed by atoms with Gasteiger partial charge in [0.15, 0.2) is 0 Å². The number of aromatic amines is 1. The van der Waals surface area contributed by atoms with E-state index in [0.717, 1.165) is 54.7 Å². The van der Waals surface area contributed by atoms with Crippen LogP contribution >= 0.6 is 0 Å². The molecule has 3 aliphatic rings. The minimum atomic E-state index is -0.898. The highest BCUT2D eigenvalue weighted by Gasteiger charge is 2.42. The highest BCUT2D eigenvalue weighted by atomic mass is 16.2. The fraction of sp³-hybridized carbons (Fsp3) is 0.500. The largest absolute Gasteiger partial charge is 0.340 e. The minimum absolute atomic E-state index is 0.0221. The van der Waals surface area contributed by atoms with Gasteiger partial charge in [0.2, 0.25) is 11.8 Å². The van der Waals surface area contributed by atoms with Crippen LogP contribution < -0.4 is 5.32 Å². The highest BCUT2D eigenvalue weighted by molar-refractivity contribution is 6.22. The summed E-state index contributed by atoms with van der Waals surface area (Å²) in [7, 11) is 0. The van der Waals surface area contributed by atoms with E-state index in [1.807, 2.05) is 6.92 Å². The Hall–Kier alpha value is -3.49. The number of anilines is 1. The lowest BCUT2D eigenvalue weighted by Crippen LogP contribution is -2.51. The Morgan fingerprint density at radius 1 is 1.09 bits per heavy atom. The van der Waals surface area contributed by atoms with E-state index in [1.54, 1.807) is 36.2 Å². The smallest absolute Gasteiger partial charge is 0.262 e. The summed E-state index contributed by atoms with van der Waals surface area (Å²) < 4.78 is 0. The summed E-state index contributed by atoms with van der Waals surface area (Å²) in [4.78, 5) is 54.8. The van der Waals surface area contributed by atoms with E-state index in [4.69, 9.17) is 0 Å². The molecule has 2 aromatic rings. The average molecular weight is 478 g/mol. The van der Waals surface area contributed by atoms with Gasteiger partial charge >= 0.3 is 0 Å². The Bertz CT molecular complexity index is 1180. The van der Waals surface area contributed by atoms with Crippen molar-refractivity contribution >= 4 is 29.3 Å². The molecular weight excluding hydrogens is 446 g/mol. The number of nitrogens with one attached hydrogen (secondary N) is 2. The van der Waals surface area contributed by atoms with E-state index in [0.29, 0.717) is 29.9 Å². The van der Waals surface area contributed by atoms with Crippen LogP contribution in [-0.4, -0.2) is 62.8 Å². The van der Waals surface area contributed by atoms with Crippen molar-refractivity contribution in [2.75, 3.05) is 18.4 Å². The van der Waals surface area contributed by atoms with Crippen molar-refractivity contribution in [2.24, 2.45) is 5.92 Å². The third-order valence-electron chi connectivity index (χ3n) is 7.61. The lowest BCUT2D eigenvalue weighted by molar-refractivity contribution is -0.136. The van der Waals surface area contributed by atoms with Crippen LogP contribution in [0.15, 0.2) is 24.4 Å². The summed E-state index contributed by atoms with van der Waals surface area (Å²) >= 11 is 0. The van der Waals surface area contributed by atoms with E-state index in [1.165, 1.54) is 0 Å². The van der Waals surface area contributed by atoms with Gasteiger partial charge in [-0.1, -0.05) is 24.5 Å².